The third kappa shape index (κ3) is 2.85. The van der Waals surface area contributed by atoms with Crippen molar-refractivity contribution in [1.82, 2.24) is 25.1 Å². The van der Waals surface area contributed by atoms with Crippen molar-refractivity contribution in [3.8, 4) is 0 Å². The first kappa shape index (κ1) is 15.5. The molecule has 2 heterocycles. The maximum Gasteiger partial charge on any atom is 0.252 e. The van der Waals surface area contributed by atoms with E-state index in [1.165, 1.54) is 0 Å². The topological polar surface area (TPSA) is 72.7 Å². The molecule has 3 aromatic rings. The van der Waals surface area contributed by atoms with Gasteiger partial charge in [-0.05, 0) is 50.8 Å². The summed E-state index contributed by atoms with van der Waals surface area (Å²) in [4.78, 5) is 17.7. The Morgan fingerprint density at radius 1 is 1.23 bits per heavy atom. The van der Waals surface area contributed by atoms with E-state index in [0.29, 0.717) is 24.1 Å². The fourth-order valence-electron chi connectivity index (χ4n) is 3.44. The number of nitrogens with one attached hydrogen (secondary N) is 1. The molecule has 6 nitrogen and oxygen atoms in total. The summed E-state index contributed by atoms with van der Waals surface area (Å²) in [6, 6.07) is 8.58. The number of pyridine rings is 1. The number of amides is 1. The van der Waals surface area contributed by atoms with Gasteiger partial charge < -0.3 is 9.88 Å². The molecule has 5 rings (SSSR count). The second-order valence-electron chi connectivity index (χ2n) is 7.46. The Bertz CT molecular complexity index is 1000. The summed E-state index contributed by atoms with van der Waals surface area (Å²) in [6.07, 6.45) is 6.41. The van der Waals surface area contributed by atoms with Crippen LogP contribution < -0.4 is 5.32 Å². The molecule has 132 valence electrons. The van der Waals surface area contributed by atoms with Gasteiger partial charge >= 0.3 is 0 Å². The highest BCUT2D eigenvalue weighted by Crippen LogP contribution is 2.40. The van der Waals surface area contributed by atoms with Crippen molar-refractivity contribution in [2.75, 3.05) is 0 Å². The molecule has 0 spiro atoms. The van der Waals surface area contributed by atoms with E-state index in [4.69, 9.17) is 4.98 Å². The van der Waals surface area contributed by atoms with Crippen molar-refractivity contribution in [2.45, 2.75) is 51.1 Å². The number of benzene rings is 1. The number of hydrogen-bond acceptors (Lipinski definition) is 4. The lowest BCUT2D eigenvalue weighted by atomic mass is 10.0. The Balaban J connectivity index is 1.45. The van der Waals surface area contributed by atoms with E-state index in [1.807, 2.05) is 31.2 Å². The van der Waals surface area contributed by atoms with E-state index in [0.717, 1.165) is 53.7 Å². The molecule has 6 heteroatoms. The molecule has 0 bridgehead atoms. The van der Waals surface area contributed by atoms with Crippen LogP contribution >= 0.6 is 0 Å². The number of rotatable bonds is 5. The molecule has 2 aliphatic rings. The van der Waals surface area contributed by atoms with Gasteiger partial charge in [-0.2, -0.15) is 0 Å². The van der Waals surface area contributed by atoms with Crippen LogP contribution in [0, 0.1) is 6.92 Å². The quantitative estimate of drug-likeness (QED) is 0.769. The molecule has 0 radical (unpaired) electrons. The van der Waals surface area contributed by atoms with Crippen LogP contribution in [0.3, 0.4) is 0 Å². The summed E-state index contributed by atoms with van der Waals surface area (Å²) in [6.45, 7) is 2.43. The fraction of sp³-hybridized carbons (Fsp3) is 0.400. The number of fused-ring (bicyclic) bond motifs is 1. The lowest BCUT2D eigenvalue weighted by Gasteiger charge is -2.11. The number of hydrogen-bond donors (Lipinski definition) is 1. The standard InChI is InChI=1S/C20H21N5O/c1-12-2-7-17-15(8-12)16(9-18(23-17)13-3-4-13)20(26)21-10-19-24-22-11-25(19)14-5-6-14/h2,7-9,11,13-14H,3-6,10H2,1H3,(H,21,26). The first-order chi connectivity index (χ1) is 12.7. The van der Waals surface area contributed by atoms with Crippen molar-refractivity contribution in [3.05, 3.63) is 53.2 Å². The third-order valence-electron chi connectivity index (χ3n) is 5.22. The Labute approximate surface area is 151 Å². The Hall–Kier alpha value is -2.76. The Morgan fingerprint density at radius 3 is 2.85 bits per heavy atom. The first-order valence-corrected chi connectivity index (χ1v) is 9.27. The molecule has 2 saturated carbocycles. The van der Waals surface area contributed by atoms with Gasteiger partial charge in [0.1, 0.15) is 6.33 Å². The second kappa shape index (κ2) is 5.90. The van der Waals surface area contributed by atoms with Crippen LogP contribution in [0.1, 0.15) is 65.1 Å². The number of carbonyl (C=O) groups is 1. The summed E-state index contributed by atoms with van der Waals surface area (Å²) in [5.41, 5.74) is 3.76. The molecular formula is C20H21N5O. The summed E-state index contributed by atoms with van der Waals surface area (Å²) in [5, 5.41) is 12.1. The normalized spacial score (nSPS) is 16.8. The lowest BCUT2D eigenvalue weighted by Crippen LogP contribution is -2.25. The first-order valence-electron chi connectivity index (χ1n) is 9.27. The molecule has 2 fully saturated rings. The largest absolute Gasteiger partial charge is 0.345 e. The maximum atomic E-state index is 13.0. The minimum atomic E-state index is -0.0738. The van der Waals surface area contributed by atoms with Crippen molar-refractivity contribution < 1.29 is 4.79 Å². The van der Waals surface area contributed by atoms with Crippen LogP contribution in [0.4, 0.5) is 0 Å². The summed E-state index contributed by atoms with van der Waals surface area (Å²) in [5.74, 6) is 1.25. The zero-order valence-corrected chi connectivity index (χ0v) is 14.8. The predicted molar refractivity (Wildman–Crippen MR) is 97.9 cm³/mol. The number of nitrogens with zero attached hydrogens (tertiary/aromatic N) is 4. The number of carbonyl (C=O) groups excluding carboxylic acids is 1. The van der Waals surface area contributed by atoms with Crippen LogP contribution in [0.15, 0.2) is 30.6 Å². The van der Waals surface area contributed by atoms with E-state index in [9.17, 15) is 4.79 Å². The maximum absolute atomic E-state index is 13.0. The Morgan fingerprint density at radius 2 is 2.08 bits per heavy atom. The minimum Gasteiger partial charge on any atom is -0.345 e. The molecule has 1 aromatic carbocycles. The number of aryl methyl sites for hydroxylation is 1. The molecule has 0 aliphatic heterocycles. The molecule has 0 unspecified atom stereocenters. The van der Waals surface area contributed by atoms with Crippen LogP contribution in [-0.2, 0) is 6.54 Å². The second-order valence-corrected chi connectivity index (χ2v) is 7.46. The molecule has 2 aromatic heterocycles. The minimum absolute atomic E-state index is 0.0738. The average Bonchev–Trinajstić information content (AvgIpc) is 3.57. The van der Waals surface area contributed by atoms with Gasteiger partial charge in [-0.25, -0.2) is 0 Å². The van der Waals surface area contributed by atoms with Crippen LogP contribution in [-0.4, -0.2) is 25.7 Å². The van der Waals surface area contributed by atoms with Crippen molar-refractivity contribution in [2.24, 2.45) is 0 Å². The summed E-state index contributed by atoms with van der Waals surface area (Å²) >= 11 is 0. The fourth-order valence-corrected chi connectivity index (χ4v) is 3.44. The summed E-state index contributed by atoms with van der Waals surface area (Å²) < 4.78 is 2.07. The molecule has 1 amide bonds. The van der Waals surface area contributed by atoms with Gasteiger partial charge in [0.15, 0.2) is 5.82 Å². The zero-order valence-electron chi connectivity index (χ0n) is 14.8. The molecule has 0 saturated heterocycles. The van der Waals surface area contributed by atoms with Crippen LogP contribution in [0.2, 0.25) is 0 Å². The average molecular weight is 347 g/mol. The van der Waals surface area contributed by atoms with Crippen LogP contribution in [0.5, 0.6) is 0 Å². The van der Waals surface area contributed by atoms with Gasteiger partial charge in [-0.3, -0.25) is 9.78 Å². The van der Waals surface area contributed by atoms with Crippen molar-refractivity contribution in [1.29, 1.82) is 0 Å². The number of aromatic nitrogens is 4. The van der Waals surface area contributed by atoms with E-state index >= 15 is 0 Å². The van der Waals surface area contributed by atoms with E-state index in [-0.39, 0.29) is 5.91 Å². The van der Waals surface area contributed by atoms with E-state index in [2.05, 4.69) is 20.1 Å². The molecule has 1 N–H and O–H groups in total. The van der Waals surface area contributed by atoms with Crippen molar-refractivity contribution >= 4 is 16.8 Å². The van der Waals surface area contributed by atoms with Gasteiger partial charge in [0.05, 0.1) is 17.6 Å². The smallest absolute Gasteiger partial charge is 0.252 e. The van der Waals surface area contributed by atoms with E-state index < -0.39 is 0 Å². The lowest BCUT2D eigenvalue weighted by molar-refractivity contribution is 0.0951. The third-order valence-corrected chi connectivity index (χ3v) is 5.22. The summed E-state index contributed by atoms with van der Waals surface area (Å²) in [7, 11) is 0. The molecular weight excluding hydrogens is 326 g/mol. The highest BCUT2D eigenvalue weighted by molar-refractivity contribution is 6.06. The zero-order chi connectivity index (χ0) is 17.7. The van der Waals surface area contributed by atoms with Gasteiger partial charge in [-0.15, -0.1) is 10.2 Å². The van der Waals surface area contributed by atoms with Crippen molar-refractivity contribution in [3.63, 3.8) is 0 Å². The Kier molecular flexibility index (Phi) is 3.51. The van der Waals surface area contributed by atoms with Gasteiger partial charge in [0.2, 0.25) is 0 Å². The van der Waals surface area contributed by atoms with Gasteiger partial charge in [0, 0.05) is 23.0 Å². The van der Waals surface area contributed by atoms with E-state index in [1.54, 1.807) is 6.33 Å². The molecule has 2 aliphatic carbocycles. The van der Waals surface area contributed by atoms with Gasteiger partial charge in [-0.1, -0.05) is 11.6 Å². The van der Waals surface area contributed by atoms with Crippen LogP contribution in [0.25, 0.3) is 10.9 Å². The highest BCUT2D eigenvalue weighted by atomic mass is 16.1. The molecule has 26 heavy (non-hydrogen) atoms. The predicted octanol–water partition coefficient (Wildman–Crippen LogP) is 3.28. The molecule has 0 atom stereocenters. The highest BCUT2D eigenvalue weighted by Gasteiger charge is 2.28. The SMILES string of the molecule is Cc1ccc2nc(C3CC3)cc(C(=O)NCc3nncn3C3CC3)c2c1. The monoisotopic (exact) mass is 347 g/mol. The van der Waals surface area contributed by atoms with Gasteiger partial charge in [0.25, 0.3) is 5.91 Å².